The van der Waals surface area contributed by atoms with Crippen LogP contribution in [0.3, 0.4) is 0 Å². The molecule has 0 saturated heterocycles. The average molecular weight is 210 g/mol. The van der Waals surface area contributed by atoms with E-state index in [4.69, 9.17) is 0 Å². The van der Waals surface area contributed by atoms with Gasteiger partial charge in [0.1, 0.15) is 19.3 Å². The topological polar surface area (TPSA) is 3.01 Å². The molecule has 0 aromatic rings. The first kappa shape index (κ1) is 12.7. The van der Waals surface area contributed by atoms with Gasteiger partial charge in [-0.2, -0.15) is 0 Å². The molecule has 0 amide bonds. The first-order chi connectivity index (χ1) is 7.43. The summed E-state index contributed by atoms with van der Waals surface area (Å²) in [5.41, 5.74) is 0. The SMILES string of the molecule is CCCCCCCCCC[N+]1=CCCC1. The number of rotatable bonds is 9. The summed E-state index contributed by atoms with van der Waals surface area (Å²) in [5.74, 6) is 0. The fraction of sp³-hybridized carbons (Fsp3) is 0.929. The summed E-state index contributed by atoms with van der Waals surface area (Å²) in [7, 11) is 0. The number of hydrogen-bond acceptors (Lipinski definition) is 0. The minimum absolute atomic E-state index is 1.31. The van der Waals surface area contributed by atoms with Crippen molar-refractivity contribution in [1.82, 2.24) is 0 Å². The van der Waals surface area contributed by atoms with E-state index < -0.39 is 0 Å². The summed E-state index contributed by atoms with van der Waals surface area (Å²) >= 11 is 0. The van der Waals surface area contributed by atoms with Crippen LogP contribution in [0.4, 0.5) is 0 Å². The van der Waals surface area contributed by atoms with Gasteiger partial charge < -0.3 is 0 Å². The minimum atomic E-state index is 1.31. The second-order valence-electron chi connectivity index (χ2n) is 4.84. The van der Waals surface area contributed by atoms with Crippen LogP contribution in [-0.4, -0.2) is 23.9 Å². The van der Waals surface area contributed by atoms with Crippen molar-refractivity contribution in [3.8, 4) is 0 Å². The lowest BCUT2D eigenvalue weighted by atomic mass is 10.1. The first-order valence-corrected chi connectivity index (χ1v) is 7.01. The third kappa shape index (κ3) is 6.70. The molecule has 0 aromatic heterocycles. The summed E-state index contributed by atoms with van der Waals surface area (Å²) in [5, 5.41) is 0. The van der Waals surface area contributed by atoms with E-state index in [2.05, 4.69) is 17.7 Å². The van der Waals surface area contributed by atoms with E-state index in [9.17, 15) is 0 Å². The molecule has 88 valence electrons. The van der Waals surface area contributed by atoms with E-state index in [1.807, 2.05) is 0 Å². The minimum Gasteiger partial charge on any atom is -0.240 e. The van der Waals surface area contributed by atoms with Crippen LogP contribution in [0.25, 0.3) is 0 Å². The Morgan fingerprint density at radius 3 is 2.20 bits per heavy atom. The monoisotopic (exact) mass is 210 g/mol. The van der Waals surface area contributed by atoms with Crippen LogP contribution in [0.2, 0.25) is 0 Å². The smallest absolute Gasteiger partial charge is 0.143 e. The molecule has 15 heavy (non-hydrogen) atoms. The van der Waals surface area contributed by atoms with Crippen molar-refractivity contribution in [3.63, 3.8) is 0 Å². The molecule has 1 nitrogen and oxygen atoms in total. The van der Waals surface area contributed by atoms with E-state index in [0.29, 0.717) is 0 Å². The first-order valence-electron chi connectivity index (χ1n) is 7.01. The zero-order valence-corrected chi connectivity index (χ0v) is 10.5. The van der Waals surface area contributed by atoms with E-state index in [-0.39, 0.29) is 0 Å². The van der Waals surface area contributed by atoms with Gasteiger partial charge >= 0.3 is 0 Å². The Morgan fingerprint density at radius 1 is 0.933 bits per heavy atom. The maximum Gasteiger partial charge on any atom is 0.143 e. The van der Waals surface area contributed by atoms with Gasteiger partial charge in [0.2, 0.25) is 0 Å². The standard InChI is InChI=1S/C14H28N/c1-2-3-4-5-6-7-8-9-12-15-13-10-11-14-15/h13H,2-12,14H2,1H3/q+1. The molecule has 1 aliphatic heterocycles. The van der Waals surface area contributed by atoms with Crippen LogP contribution < -0.4 is 0 Å². The van der Waals surface area contributed by atoms with E-state index >= 15 is 0 Å². The lowest BCUT2D eigenvalue weighted by molar-refractivity contribution is -0.516. The molecule has 0 unspecified atom stereocenters. The fourth-order valence-electron chi connectivity index (χ4n) is 2.31. The van der Waals surface area contributed by atoms with Crippen LogP contribution in [-0.2, 0) is 0 Å². The predicted octanol–water partition coefficient (Wildman–Crippen LogP) is 4.00. The Hall–Kier alpha value is -0.330. The molecule has 0 spiro atoms. The van der Waals surface area contributed by atoms with Gasteiger partial charge in [-0.3, -0.25) is 0 Å². The van der Waals surface area contributed by atoms with Crippen molar-refractivity contribution < 1.29 is 4.58 Å². The van der Waals surface area contributed by atoms with Crippen molar-refractivity contribution in [1.29, 1.82) is 0 Å². The summed E-state index contributed by atoms with van der Waals surface area (Å²) in [6.07, 6.45) is 16.6. The van der Waals surface area contributed by atoms with Gasteiger partial charge in [-0.1, -0.05) is 45.4 Å². The van der Waals surface area contributed by atoms with Crippen molar-refractivity contribution in [3.05, 3.63) is 0 Å². The highest BCUT2D eigenvalue weighted by atomic mass is 15.0. The van der Waals surface area contributed by atoms with Crippen LogP contribution in [0, 0.1) is 0 Å². The number of hydrogen-bond donors (Lipinski definition) is 0. The molecule has 1 aliphatic rings. The molecule has 0 N–H and O–H groups in total. The average Bonchev–Trinajstić information content (AvgIpc) is 2.75. The molecular weight excluding hydrogens is 182 g/mol. The maximum atomic E-state index is 2.51. The highest BCUT2D eigenvalue weighted by Gasteiger charge is 2.09. The maximum absolute atomic E-state index is 2.51. The van der Waals surface area contributed by atoms with Crippen LogP contribution in [0.15, 0.2) is 0 Å². The Morgan fingerprint density at radius 2 is 1.60 bits per heavy atom. The molecule has 1 heterocycles. The Bertz CT molecular complexity index is 172. The molecule has 0 radical (unpaired) electrons. The van der Waals surface area contributed by atoms with Gasteiger partial charge in [-0.25, -0.2) is 4.58 Å². The molecule has 0 aromatic carbocycles. The highest BCUT2D eigenvalue weighted by molar-refractivity contribution is 5.52. The largest absolute Gasteiger partial charge is 0.240 e. The van der Waals surface area contributed by atoms with Crippen LogP contribution in [0.1, 0.15) is 71.1 Å². The molecule has 1 heteroatoms. The van der Waals surface area contributed by atoms with Crippen molar-refractivity contribution in [2.45, 2.75) is 71.1 Å². The summed E-state index contributed by atoms with van der Waals surface area (Å²) < 4.78 is 2.51. The van der Waals surface area contributed by atoms with Crippen molar-refractivity contribution in [2.75, 3.05) is 13.1 Å². The third-order valence-electron chi connectivity index (χ3n) is 3.34. The van der Waals surface area contributed by atoms with Gasteiger partial charge in [0.15, 0.2) is 0 Å². The van der Waals surface area contributed by atoms with Gasteiger partial charge in [0.25, 0.3) is 0 Å². The lowest BCUT2D eigenvalue weighted by Gasteiger charge is -2.00. The van der Waals surface area contributed by atoms with Gasteiger partial charge in [-0.05, 0) is 6.42 Å². The zero-order valence-electron chi connectivity index (χ0n) is 10.5. The fourth-order valence-corrected chi connectivity index (χ4v) is 2.31. The third-order valence-corrected chi connectivity index (χ3v) is 3.34. The van der Waals surface area contributed by atoms with Crippen LogP contribution >= 0.6 is 0 Å². The quantitative estimate of drug-likeness (QED) is 0.400. The lowest BCUT2D eigenvalue weighted by Crippen LogP contribution is -2.09. The molecule has 0 fully saturated rings. The van der Waals surface area contributed by atoms with Gasteiger partial charge in [0, 0.05) is 19.3 Å². The van der Waals surface area contributed by atoms with E-state index in [1.54, 1.807) is 0 Å². The molecule has 0 saturated carbocycles. The van der Waals surface area contributed by atoms with Crippen molar-refractivity contribution in [2.24, 2.45) is 0 Å². The normalized spacial score (nSPS) is 15.7. The molecule has 1 rings (SSSR count). The number of nitrogens with zero attached hydrogens (tertiary/aromatic N) is 1. The predicted molar refractivity (Wildman–Crippen MR) is 67.9 cm³/mol. The molecule has 0 atom stereocenters. The second-order valence-corrected chi connectivity index (χ2v) is 4.84. The molecular formula is C14H28N+. The summed E-state index contributed by atoms with van der Waals surface area (Å²) in [4.78, 5) is 0. The highest BCUT2D eigenvalue weighted by Crippen LogP contribution is 2.08. The Kier molecular flexibility index (Phi) is 7.59. The van der Waals surface area contributed by atoms with Gasteiger partial charge in [-0.15, -0.1) is 0 Å². The second kappa shape index (κ2) is 8.94. The molecule has 0 bridgehead atoms. The van der Waals surface area contributed by atoms with Gasteiger partial charge in [0.05, 0.1) is 0 Å². The zero-order chi connectivity index (χ0) is 10.8. The Labute approximate surface area is 95.6 Å². The van der Waals surface area contributed by atoms with E-state index in [1.165, 1.54) is 77.3 Å². The summed E-state index contributed by atoms with van der Waals surface area (Å²) in [6, 6.07) is 0. The van der Waals surface area contributed by atoms with E-state index in [0.717, 1.165) is 0 Å². The summed E-state index contributed by atoms with van der Waals surface area (Å²) in [6.45, 7) is 4.91. The molecule has 0 aliphatic carbocycles. The van der Waals surface area contributed by atoms with Crippen LogP contribution in [0.5, 0.6) is 0 Å². The Balaban J connectivity index is 1.77. The number of unbranched alkanes of at least 4 members (excludes halogenated alkanes) is 7. The van der Waals surface area contributed by atoms with Crippen molar-refractivity contribution >= 4 is 6.21 Å².